The third-order valence-corrected chi connectivity index (χ3v) is 2.59. The van der Waals surface area contributed by atoms with Crippen LogP contribution < -0.4 is 0 Å². The monoisotopic (exact) mass is 250 g/mol. The second kappa shape index (κ2) is 3.46. The molecule has 0 saturated heterocycles. The smallest absolute Gasteiger partial charge is 0.178 e. The van der Waals surface area contributed by atoms with Crippen molar-refractivity contribution >= 4 is 32.6 Å². The molecule has 2 rings (SSSR count). The van der Waals surface area contributed by atoms with Gasteiger partial charge in [-0.05, 0) is 22.0 Å². The summed E-state index contributed by atoms with van der Waals surface area (Å²) in [5, 5.41) is 0.786. The Morgan fingerprint density at radius 2 is 2.14 bits per heavy atom. The molecule has 0 spiro atoms. The van der Waals surface area contributed by atoms with E-state index in [1.807, 2.05) is 18.2 Å². The Morgan fingerprint density at radius 3 is 2.86 bits per heavy atom. The van der Waals surface area contributed by atoms with Gasteiger partial charge in [-0.25, -0.2) is 9.97 Å². The summed E-state index contributed by atoms with van der Waals surface area (Å²) in [6.45, 7) is 1.50. The summed E-state index contributed by atoms with van der Waals surface area (Å²) in [6.07, 6.45) is 1.41. The number of rotatable bonds is 1. The Labute approximate surface area is 89.3 Å². The first-order valence-corrected chi connectivity index (χ1v) is 4.89. The molecule has 0 aliphatic rings. The number of para-hydroxylation sites is 1. The number of benzene rings is 1. The minimum absolute atomic E-state index is 0.0458. The molecule has 0 amide bonds. The minimum atomic E-state index is -0.0458. The summed E-state index contributed by atoms with van der Waals surface area (Å²) in [4.78, 5) is 19.3. The molecule has 1 heterocycles. The molecule has 0 unspecified atom stereocenters. The average Bonchev–Trinajstić information content (AvgIpc) is 2.17. The lowest BCUT2D eigenvalue weighted by Crippen LogP contribution is -1.99. The van der Waals surface area contributed by atoms with Crippen LogP contribution in [0.15, 0.2) is 29.0 Å². The molecular formula is C10H7BrN2O. The van der Waals surface area contributed by atoms with Gasteiger partial charge in [-0.3, -0.25) is 4.79 Å². The lowest BCUT2D eigenvalue weighted by molar-refractivity contribution is 0.101. The molecule has 0 fully saturated rings. The van der Waals surface area contributed by atoms with Gasteiger partial charge >= 0.3 is 0 Å². The maximum Gasteiger partial charge on any atom is 0.178 e. The van der Waals surface area contributed by atoms with Gasteiger partial charge in [-0.15, -0.1) is 0 Å². The lowest BCUT2D eigenvalue weighted by atomic mass is 10.1. The average molecular weight is 251 g/mol. The first-order chi connectivity index (χ1) is 6.70. The van der Waals surface area contributed by atoms with E-state index in [0.717, 1.165) is 15.4 Å². The summed E-state index contributed by atoms with van der Waals surface area (Å²) in [7, 11) is 0. The number of carbonyl (C=O) groups excluding carboxylic acids is 1. The molecule has 0 radical (unpaired) electrons. The number of ketones is 1. The number of carbonyl (C=O) groups is 1. The maximum atomic E-state index is 11.3. The van der Waals surface area contributed by atoms with E-state index in [9.17, 15) is 4.79 Å². The quantitative estimate of drug-likeness (QED) is 0.731. The fourth-order valence-corrected chi connectivity index (χ4v) is 1.80. The van der Waals surface area contributed by atoms with Gasteiger partial charge in [0.15, 0.2) is 5.78 Å². The van der Waals surface area contributed by atoms with Crippen molar-refractivity contribution in [2.45, 2.75) is 6.92 Å². The number of halogens is 1. The van der Waals surface area contributed by atoms with Crippen molar-refractivity contribution in [2.24, 2.45) is 0 Å². The predicted octanol–water partition coefficient (Wildman–Crippen LogP) is 2.59. The molecule has 0 saturated carbocycles. The fourth-order valence-electron chi connectivity index (χ4n) is 1.33. The summed E-state index contributed by atoms with van der Waals surface area (Å²) in [6, 6.07) is 5.60. The first-order valence-electron chi connectivity index (χ1n) is 4.10. The van der Waals surface area contributed by atoms with Crippen LogP contribution in [0.3, 0.4) is 0 Å². The molecule has 0 aliphatic heterocycles. The van der Waals surface area contributed by atoms with Gasteiger partial charge in [0.05, 0.1) is 5.52 Å². The van der Waals surface area contributed by atoms with Crippen molar-refractivity contribution in [1.82, 2.24) is 9.97 Å². The van der Waals surface area contributed by atoms with E-state index in [0.29, 0.717) is 5.69 Å². The highest BCUT2D eigenvalue weighted by atomic mass is 79.9. The zero-order valence-electron chi connectivity index (χ0n) is 7.49. The number of nitrogens with zero attached hydrogens (tertiary/aromatic N) is 2. The van der Waals surface area contributed by atoms with Crippen LogP contribution in [0.5, 0.6) is 0 Å². The van der Waals surface area contributed by atoms with Crippen LogP contribution in [0.4, 0.5) is 0 Å². The standard InChI is InChI=1S/C10H7BrN2O/c1-6(14)9-7-3-2-4-8(11)10(7)13-5-12-9/h2-5H,1H3. The van der Waals surface area contributed by atoms with Crippen molar-refractivity contribution in [3.63, 3.8) is 0 Å². The van der Waals surface area contributed by atoms with Crippen molar-refractivity contribution < 1.29 is 4.79 Å². The first kappa shape index (κ1) is 9.27. The number of aromatic nitrogens is 2. The molecule has 0 bridgehead atoms. The minimum Gasteiger partial charge on any atom is -0.293 e. The van der Waals surface area contributed by atoms with E-state index < -0.39 is 0 Å². The summed E-state index contributed by atoms with van der Waals surface area (Å²) >= 11 is 3.38. The van der Waals surface area contributed by atoms with Crippen molar-refractivity contribution in [1.29, 1.82) is 0 Å². The van der Waals surface area contributed by atoms with Crippen LogP contribution in [0.1, 0.15) is 17.4 Å². The summed E-state index contributed by atoms with van der Waals surface area (Å²) < 4.78 is 0.875. The maximum absolute atomic E-state index is 11.3. The Balaban J connectivity index is 2.88. The summed E-state index contributed by atoms with van der Waals surface area (Å²) in [5.74, 6) is -0.0458. The van der Waals surface area contributed by atoms with Crippen molar-refractivity contribution in [3.8, 4) is 0 Å². The largest absolute Gasteiger partial charge is 0.293 e. The lowest BCUT2D eigenvalue weighted by Gasteiger charge is -2.02. The second-order valence-electron chi connectivity index (χ2n) is 2.91. The van der Waals surface area contributed by atoms with E-state index in [4.69, 9.17) is 0 Å². The number of fused-ring (bicyclic) bond motifs is 1. The van der Waals surface area contributed by atoms with Gasteiger partial charge in [0.1, 0.15) is 12.0 Å². The Hall–Kier alpha value is -1.29. The summed E-state index contributed by atoms with van der Waals surface area (Å²) in [5.41, 5.74) is 1.24. The van der Waals surface area contributed by atoms with Crippen LogP contribution in [0, 0.1) is 0 Å². The normalized spacial score (nSPS) is 10.4. The van der Waals surface area contributed by atoms with Gasteiger partial charge in [-0.1, -0.05) is 12.1 Å². The van der Waals surface area contributed by atoms with Gasteiger partial charge in [0.2, 0.25) is 0 Å². The Morgan fingerprint density at radius 1 is 1.36 bits per heavy atom. The highest BCUT2D eigenvalue weighted by Crippen LogP contribution is 2.22. The number of Topliss-reactive ketones (excluding diaryl/α,β-unsaturated/α-hetero) is 1. The molecular weight excluding hydrogens is 244 g/mol. The molecule has 1 aromatic carbocycles. The Bertz CT molecular complexity index is 510. The molecule has 0 N–H and O–H groups in total. The van der Waals surface area contributed by atoms with E-state index in [1.165, 1.54) is 13.3 Å². The molecule has 0 aliphatic carbocycles. The molecule has 3 nitrogen and oxygen atoms in total. The van der Waals surface area contributed by atoms with E-state index >= 15 is 0 Å². The molecule has 0 atom stereocenters. The number of hydrogen-bond acceptors (Lipinski definition) is 3. The van der Waals surface area contributed by atoms with E-state index in [2.05, 4.69) is 25.9 Å². The van der Waals surface area contributed by atoms with Crippen LogP contribution in [0.2, 0.25) is 0 Å². The number of hydrogen-bond donors (Lipinski definition) is 0. The van der Waals surface area contributed by atoms with Gasteiger partial charge < -0.3 is 0 Å². The highest BCUT2D eigenvalue weighted by Gasteiger charge is 2.08. The molecule has 14 heavy (non-hydrogen) atoms. The third-order valence-electron chi connectivity index (χ3n) is 1.95. The van der Waals surface area contributed by atoms with Crippen LogP contribution in [-0.4, -0.2) is 15.8 Å². The van der Waals surface area contributed by atoms with Crippen LogP contribution in [0.25, 0.3) is 10.9 Å². The van der Waals surface area contributed by atoms with Crippen molar-refractivity contribution in [3.05, 3.63) is 34.7 Å². The van der Waals surface area contributed by atoms with Crippen LogP contribution >= 0.6 is 15.9 Å². The van der Waals surface area contributed by atoms with Gasteiger partial charge in [0.25, 0.3) is 0 Å². The predicted molar refractivity (Wildman–Crippen MR) is 57.2 cm³/mol. The van der Waals surface area contributed by atoms with Gasteiger partial charge in [0, 0.05) is 16.8 Å². The molecule has 2 aromatic rings. The van der Waals surface area contributed by atoms with Crippen LogP contribution in [-0.2, 0) is 0 Å². The fraction of sp³-hybridized carbons (Fsp3) is 0.100. The van der Waals surface area contributed by atoms with E-state index in [1.54, 1.807) is 0 Å². The zero-order chi connectivity index (χ0) is 10.1. The topological polar surface area (TPSA) is 42.9 Å². The van der Waals surface area contributed by atoms with E-state index in [-0.39, 0.29) is 5.78 Å². The van der Waals surface area contributed by atoms with Gasteiger partial charge in [-0.2, -0.15) is 0 Å². The molecule has 4 heteroatoms. The van der Waals surface area contributed by atoms with Crippen molar-refractivity contribution in [2.75, 3.05) is 0 Å². The molecule has 1 aromatic heterocycles. The SMILES string of the molecule is CC(=O)c1ncnc2c(Br)cccc12. The second-order valence-corrected chi connectivity index (χ2v) is 3.77. The third kappa shape index (κ3) is 1.42. The Kier molecular flexibility index (Phi) is 2.29. The highest BCUT2D eigenvalue weighted by molar-refractivity contribution is 9.10. The zero-order valence-corrected chi connectivity index (χ0v) is 9.08. The molecule has 70 valence electrons.